The summed E-state index contributed by atoms with van der Waals surface area (Å²) in [5.41, 5.74) is 8.60. The topological polar surface area (TPSA) is 72.2 Å². The van der Waals surface area contributed by atoms with Gasteiger partial charge in [0.25, 0.3) is 0 Å². The molecule has 5 heteroatoms. The number of sulfone groups is 1. The van der Waals surface area contributed by atoms with Gasteiger partial charge in [-0.2, -0.15) is 0 Å². The van der Waals surface area contributed by atoms with E-state index >= 15 is 0 Å². The number of nitrogen functional groups attached to an aromatic ring is 1. The van der Waals surface area contributed by atoms with Crippen LogP contribution in [0.15, 0.2) is 18.2 Å². The Morgan fingerprint density at radius 3 is 2.59 bits per heavy atom. The van der Waals surface area contributed by atoms with Crippen LogP contribution in [0.3, 0.4) is 0 Å². The molecule has 0 saturated carbocycles. The van der Waals surface area contributed by atoms with E-state index in [-0.39, 0.29) is 17.5 Å². The second-order valence-corrected chi connectivity index (χ2v) is 6.95. The summed E-state index contributed by atoms with van der Waals surface area (Å²) in [6.07, 6.45) is 1.35. The highest BCUT2D eigenvalue weighted by atomic mass is 32.2. The van der Waals surface area contributed by atoms with Crippen LogP contribution in [0.2, 0.25) is 0 Å². The summed E-state index contributed by atoms with van der Waals surface area (Å²) >= 11 is 0. The molecule has 1 aliphatic rings. The van der Waals surface area contributed by atoms with Gasteiger partial charge in [0.1, 0.15) is 9.84 Å². The number of hydrogen-bond donors (Lipinski definition) is 2. The third kappa shape index (κ3) is 3.12. The van der Waals surface area contributed by atoms with Gasteiger partial charge in [-0.15, -0.1) is 0 Å². The number of nitrogens with one attached hydrogen (secondary N) is 1. The first-order valence-electron chi connectivity index (χ1n) is 5.79. The van der Waals surface area contributed by atoms with Gasteiger partial charge in [0.2, 0.25) is 0 Å². The van der Waals surface area contributed by atoms with Gasteiger partial charge in [0.15, 0.2) is 0 Å². The normalized spacial score (nSPS) is 20.1. The summed E-state index contributed by atoms with van der Waals surface area (Å²) in [6.45, 7) is 2.02. The number of benzene rings is 1. The zero-order valence-electron chi connectivity index (χ0n) is 9.94. The Balaban J connectivity index is 2.05. The van der Waals surface area contributed by atoms with Crippen LogP contribution in [0.5, 0.6) is 0 Å². The largest absolute Gasteiger partial charge is 0.399 e. The first kappa shape index (κ1) is 12.2. The van der Waals surface area contributed by atoms with Crippen molar-refractivity contribution in [2.24, 2.45) is 0 Å². The molecular formula is C12H18N2O2S. The Hall–Kier alpha value is -1.23. The fourth-order valence-electron chi connectivity index (χ4n) is 2.05. The van der Waals surface area contributed by atoms with Crippen molar-refractivity contribution in [3.05, 3.63) is 23.8 Å². The van der Waals surface area contributed by atoms with Crippen molar-refractivity contribution in [1.82, 2.24) is 0 Å². The molecule has 94 valence electrons. The van der Waals surface area contributed by atoms with E-state index in [1.54, 1.807) is 0 Å². The Morgan fingerprint density at radius 1 is 1.29 bits per heavy atom. The van der Waals surface area contributed by atoms with Crippen molar-refractivity contribution in [2.75, 3.05) is 22.6 Å². The summed E-state index contributed by atoms with van der Waals surface area (Å²) in [7, 11) is -2.79. The lowest BCUT2D eigenvalue weighted by molar-refractivity contribution is 0.559. The van der Waals surface area contributed by atoms with Crippen molar-refractivity contribution in [2.45, 2.75) is 25.8 Å². The van der Waals surface area contributed by atoms with Crippen LogP contribution in [-0.4, -0.2) is 26.0 Å². The molecule has 0 aliphatic carbocycles. The average molecular weight is 254 g/mol. The summed E-state index contributed by atoms with van der Waals surface area (Å²) in [5, 5.41) is 3.38. The second kappa shape index (κ2) is 4.56. The van der Waals surface area contributed by atoms with Crippen molar-refractivity contribution in [1.29, 1.82) is 0 Å². The maximum atomic E-state index is 11.3. The van der Waals surface area contributed by atoms with E-state index in [1.165, 1.54) is 0 Å². The van der Waals surface area contributed by atoms with Crippen molar-refractivity contribution >= 4 is 21.2 Å². The minimum atomic E-state index is -2.79. The molecule has 0 unspecified atom stereocenters. The van der Waals surface area contributed by atoms with Gasteiger partial charge in [0.05, 0.1) is 11.5 Å². The lowest BCUT2D eigenvalue weighted by atomic mass is 10.1. The molecule has 17 heavy (non-hydrogen) atoms. The first-order valence-corrected chi connectivity index (χ1v) is 7.61. The molecule has 0 aromatic heterocycles. The van der Waals surface area contributed by atoms with Crippen molar-refractivity contribution in [3.63, 3.8) is 0 Å². The fraction of sp³-hybridized carbons (Fsp3) is 0.500. The van der Waals surface area contributed by atoms with Gasteiger partial charge in [-0.05, 0) is 37.5 Å². The Kier molecular flexibility index (Phi) is 3.28. The fourth-order valence-corrected chi connectivity index (χ4v) is 3.54. The summed E-state index contributed by atoms with van der Waals surface area (Å²) < 4.78 is 22.6. The maximum Gasteiger partial charge on any atom is 0.150 e. The molecule has 0 atom stereocenters. The Labute approximate surface area is 102 Å². The van der Waals surface area contributed by atoms with E-state index in [0.29, 0.717) is 12.8 Å². The van der Waals surface area contributed by atoms with Gasteiger partial charge >= 0.3 is 0 Å². The zero-order chi connectivity index (χ0) is 12.5. The highest BCUT2D eigenvalue weighted by Gasteiger charge is 2.23. The van der Waals surface area contributed by atoms with E-state index in [9.17, 15) is 8.42 Å². The molecule has 1 aromatic carbocycles. The van der Waals surface area contributed by atoms with Crippen LogP contribution in [0, 0.1) is 6.92 Å². The minimum Gasteiger partial charge on any atom is -0.399 e. The van der Waals surface area contributed by atoms with Crippen LogP contribution in [0.25, 0.3) is 0 Å². The number of aryl methyl sites for hydroxylation is 1. The predicted octanol–water partition coefficient (Wildman–Crippen LogP) is 1.57. The van der Waals surface area contributed by atoms with Crippen LogP contribution in [-0.2, 0) is 9.84 Å². The van der Waals surface area contributed by atoms with Crippen LogP contribution >= 0.6 is 0 Å². The average Bonchev–Trinajstić information content (AvgIpc) is 2.26. The quantitative estimate of drug-likeness (QED) is 0.786. The summed E-state index contributed by atoms with van der Waals surface area (Å²) in [5.74, 6) is 0.568. The molecule has 0 bridgehead atoms. The third-order valence-electron chi connectivity index (χ3n) is 3.18. The van der Waals surface area contributed by atoms with E-state index in [4.69, 9.17) is 5.73 Å². The molecule has 2 rings (SSSR count). The van der Waals surface area contributed by atoms with Crippen LogP contribution < -0.4 is 11.1 Å². The second-order valence-electron chi connectivity index (χ2n) is 4.64. The minimum absolute atomic E-state index is 0.235. The van der Waals surface area contributed by atoms with Gasteiger partial charge in [-0.1, -0.05) is 6.07 Å². The Bertz CT molecular complexity index is 497. The standard InChI is InChI=1S/C12H18N2O2S/c1-9-2-3-10(13)8-12(9)14-11-4-6-17(15,16)7-5-11/h2-3,8,11,14H,4-7,13H2,1H3. The molecule has 0 amide bonds. The molecule has 0 spiro atoms. The van der Waals surface area contributed by atoms with Gasteiger partial charge in [-0.25, -0.2) is 8.42 Å². The predicted molar refractivity (Wildman–Crippen MR) is 70.9 cm³/mol. The molecule has 3 N–H and O–H groups in total. The van der Waals surface area contributed by atoms with Gasteiger partial charge in [-0.3, -0.25) is 0 Å². The van der Waals surface area contributed by atoms with E-state index in [2.05, 4.69) is 5.32 Å². The van der Waals surface area contributed by atoms with Crippen LogP contribution in [0.1, 0.15) is 18.4 Å². The summed E-state index contributed by atoms with van der Waals surface area (Å²) in [4.78, 5) is 0. The Morgan fingerprint density at radius 2 is 1.94 bits per heavy atom. The SMILES string of the molecule is Cc1ccc(N)cc1NC1CCS(=O)(=O)CC1. The van der Waals surface area contributed by atoms with Crippen molar-refractivity contribution < 1.29 is 8.42 Å². The van der Waals surface area contributed by atoms with Gasteiger partial charge < -0.3 is 11.1 Å². The molecule has 4 nitrogen and oxygen atoms in total. The number of nitrogens with two attached hydrogens (primary N) is 1. The molecular weight excluding hydrogens is 236 g/mol. The highest BCUT2D eigenvalue weighted by molar-refractivity contribution is 7.91. The van der Waals surface area contributed by atoms with Crippen LogP contribution in [0.4, 0.5) is 11.4 Å². The summed E-state index contributed by atoms with van der Waals surface area (Å²) in [6, 6.07) is 5.97. The lowest BCUT2D eigenvalue weighted by Crippen LogP contribution is -2.32. The number of rotatable bonds is 2. The number of anilines is 2. The molecule has 1 fully saturated rings. The lowest BCUT2D eigenvalue weighted by Gasteiger charge is -2.25. The monoisotopic (exact) mass is 254 g/mol. The smallest absolute Gasteiger partial charge is 0.150 e. The van der Waals surface area contributed by atoms with E-state index in [0.717, 1.165) is 16.9 Å². The van der Waals surface area contributed by atoms with E-state index in [1.807, 2.05) is 25.1 Å². The molecule has 0 radical (unpaired) electrons. The van der Waals surface area contributed by atoms with Gasteiger partial charge in [0, 0.05) is 17.4 Å². The molecule has 1 saturated heterocycles. The van der Waals surface area contributed by atoms with Crippen molar-refractivity contribution in [3.8, 4) is 0 Å². The van der Waals surface area contributed by atoms with E-state index < -0.39 is 9.84 Å². The zero-order valence-corrected chi connectivity index (χ0v) is 10.8. The third-order valence-corrected chi connectivity index (χ3v) is 4.89. The number of hydrogen-bond acceptors (Lipinski definition) is 4. The molecule has 1 aromatic rings. The molecule has 1 heterocycles. The molecule has 1 aliphatic heterocycles. The maximum absolute atomic E-state index is 11.3. The first-order chi connectivity index (χ1) is 7.96. The highest BCUT2D eigenvalue weighted by Crippen LogP contribution is 2.22.